The summed E-state index contributed by atoms with van der Waals surface area (Å²) < 4.78 is 11.5. The van der Waals surface area contributed by atoms with Crippen LogP contribution in [0.2, 0.25) is 5.02 Å². The van der Waals surface area contributed by atoms with E-state index in [2.05, 4.69) is 4.90 Å². The van der Waals surface area contributed by atoms with Gasteiger partial charge in [0.25, 0.3) is 0 Å². The average molecular weight is 366 g/mol. The second-order valence-corrected chi connectivity index (χ2v) is 7.74. The molecule has 2 aliphatic heterocycles. The number of nitrogens with zero attached hydrogens (tertiary/aromatic N) is 1. The molecule has 1 saturated carbocycles. The first-order chi connectivity index (χ1) is 12.1. The number of rotatable bonds is 3. The topological polar surface area (TPSA) is 59.0 Å². The lowest BCUT2D eigenvalue weighted by molar-refractivity contribution is -0.142. The first-order valence-corrected chi connectivity index (χ1v) is 9.58. The van der Waals surface area contributed by atoms with Crippen molar-refractivity contribution in [3.8, 4) is 11.5 Å². The van der Waals surface area contributed by atoms with E-state index in [1.54, 1.807) is 0 Å². The summed E-state index contributed by atoms with van der Waals surface area (Å²) in [5.74, 6) is 1.07. The highest BCUT2D eigenvalue weighted by molar-refractivity contribution is 6.32. The van der Waals surface area contributed by atoms with E-state index in [0.29, 0.717) is 48.2 Å². The summed E-state index contributed by atoms with van der Waals surface area (Å²) in [5, 5.41) is 10.2. The van der Waals surface area contributed by atoms with Gasteiger partial charge >= 0.3 is 5.97 Å². The van der Waals surface area contributed by atoms with Gasteiger partial charge in [0.1, 0.15) is 6.04 Å². The number of benzene rings is 1. The highest BCUT2D eigenvalue weighted by Crippen LogP contribution is 2.42. The lowest BCUT2D eigenvalue weighted by atomic mass is 9.84. The zero-order chi connectivity index (χ0) is 17.4. The largest absolute Gasteiger partial charge is 0.489 e. The van der Waals surface area contributed by atoms with Crippen molar-refractivity contribution >= 4 is 17.6 Å². The van der Waals surface area contributed by atoms with Crippen LogP contribution in [0, 0.1) is 5.92 Å². The van der Waals surface area contributed by atoms with Gasteiger partial charge in [-0.25, -0.2) is 0 Å². The fraction of sp³-hybridized carbons (Fsp3) is 0.632. The Kier molecular flexibility index (Phi) is 4.78. The molecule has 0 aromatic heterocycles. The molecule has 136 valence electrons. The fourth-order valence-electron chi connectivity index (χ4n) is 4.61. The summed E-state index contributed by atoms with van der Waals surface area (Å²) in [6, 6.07) is 3.82. The molecular formula is C19H24ClNO4. The normalized spacial score (nSPS) is 29.1. The van der Waals surface area contributed by atoms with E-state index in [0.717, 1.165) is 31.2 Å². The van der Waals surface area contributed by atoms with E-state index in [1.807, 2.05) is 12.1 Å². The Hall–Kier alpha value is -1.46. The number of halogens is 1. The zero-order valence-corrected chi connectivity index (χ0v) is 15.0. The maximum absolute atomic E-state index is 11.8. The second kappa shape index (κ2) is 7.04. The highest BCUT2D eigenvalue weighted by atomic mass is 35.5. The summed E-state index contributed by atoms with van der Waals surface area (Å²) >= 11 is 6.40. The summed E-state index contributed by atoms with van der Waals surface area (Å²) in [4.78, 5) is 13.9. The van der Waals surface area contributed by atoms with Crippen LogP contribution in [0.3, 0.4) is 0 Å². The molecule has 25 heavy (non-hydrogen) atoms. The van der Waals surface area contributed by atoms with Gasteiger partial charge in [0.2, 0.25) is 0 Å². The molecule has 0 spiro atoms. The Morgan fingerprint density at radius 1 is 1.20 bits per heavy atom. The Morgan fingerprint density at radius 2 is 2.00 bits per heavy atom. The third-order valence-electron chi connectivity index (χ3n) is 5.73. The third kappa shape index (κ3) is 3.32. The van der Waals surface area contributed by atoms with Gasteiger partial charge in [0.15, 0.2) is 11.5 Å². The molecule has 3 unspecified atom stereocenters. The van der Waals surface area contributed by atoms with Crippen LogP contribution in [0.4, 0.5) is 0 Å². The molecule has 4 rings (SSSR count). The molecule has 0 bridgehead atoms. The van der Waals surface area contributed by atoms with Crippen molar-refractivity contribution in [1.29, 1.82) is 0 Å². The third-order valence-corrected chi connectivity index (χ3v) is 6.01. The minimum absolute atomic E-state index is 0.365. The van der Waals surface area contributed by atoms with Crippen LogP contribution in [0.5, 0.6) is 11.5 Å². The number of ether oxygens (including phenoxy) is 2. The van der Waals surface area contributed by atoms with Crippen molar-refractivity contribution in [1.82, 2.24) is 4.90 Å². The SMILES string of the molecule is O=C(O)C1CC2CCCCC2N1Cc1cc(Cl)c2c(c1)OCCCO2. The zero-order valence-electron chi connectivity index (χ0n) is 14.2. The van der Waals surface area contributed by atoms with Crippen molar-refractivity contribution < 1.29 is 19.4 Å². The van der Waals surface area contributed by atoms with Crippen molar-refractivity contribution in [3.05, 3.63) is 22.7 Å². The van der Waals surface area contributed by atoms with Gasteiger partial charge in [-0.3, -0.25) is 9.69 Å². The van der Waals surface area contributed by atoms with E-state index in [1.165, 1.54) is 12.8 Å². The molecular weight excluding hydrogens is 342 g/mol. The van der Waals surface area contributed by atoms with E-state index in [4.69, 9.17) is 21.1 Å². The van der Waals surface area contributed by atoms with E-state index < -0.39 is 12.0 Å². The van der Waals surface area contributed by atoms with E-state index >= 15 is 0 Å². The molecule has 0 radical (unpaired) electrons. The number of hydrogen-bond donors (Lipinski definition) is 1. The molecule has 1 aromatic rings. The van der Waals surface area contributed by atoms with Gasteiger partial charge in [-0.1, -0.05) is 24.4 Å². The van der Waals surface area contributed by atoms with Crippen molar-refractivity contribution in [2.24, 2.45) is 5.92 Å². The summed E-state index contributed by atoms with van der Waals surface area (Å²) in [7, 11) is 0. The predicted molar refractivity (Wildman–Crippen MR) is 94.4 cm³/mol. The Labute approximate surface area is 152 Å². The molecule has 0 amide bonds. The minimum atomic E-state index is -0.713. The first kappa shape index (κ1) is 17.0. The molecule has 1 saturated heterocycles. The van der Waals surface area contributed by atoms with Gasteiger partial charge in [-0.2, -0.15) is 0 Å². The summed E-state index contributed by atoms with van der Waals surface area (Å²) in [6.45, 7) is 1.80. The molecule has 2 fully saturated rings. The summed E-state index contributed by atoms with van der Waals surface area (Å²) in [6.07, 6.45) is 6.23. The van der Waals surface area contributed by atoms with Crippen LogP contribution >= 0.6 is 11.6 Å². The first-order valence-electron chi connectivity index (χ1n) is 9.20. The number of likely N-dealkylation sites (tertiary alicyclic amines) is 1. The molecule has 1 aromatic carbocycles. The van der Waals surface area contributed by atoms with Crippen LogP contribution in [0.1, 0.15) is 44.1 Å². The molecule has 3 aliphatic rings. The maximum Gasteiger partial charge on any atom is 0.320 e. The number of aliphatic carboxylic acids is 1. The Bertz CT molecular complexity index is 665. The highest BCUT2D eigenvalue weighted by Gasteiger charge is 2.45. The van der Waals surface area contributed by atoms with Crippen LogP contribution in [0.25, 0.3) is 0 Å². The van der Waals surface area contributed by atoms with Crippen LogP contribution in [-0.2, 0) is 11.3 Å². The second-order valence-electron chi connectivity index (χ2n) is 7.33. The van der Waals surface area contributed by atoms with Gasteiger partial charge < -0.3 is 14.6 Å². The van der Waals surface area contributed by atoms with Crippen LogP contribution in [-0.4, -0.2) is 41.3 Å². The number of carboxylic acids is 1. The smallest absolute Gasteiger partial charge is 0.320 e. The number of hydrogen-bond acceptors (Lipinski definition) is 4. The number of carbonyl (C=O) groups is 1. The van der Waals surface area contributed by atoms with Crippen LogP contribution < -0.4 is 9.47 Å². The van der Waals surface area contributed by atoms with Crippen molar-refractivity contribution in [2.75, 3.05) is 13.2 Å². The predicted octanol–water partition coefficient (Wildman–Crippen LogP) is 3.72. The van der Waals surface area contributed by atoms with E-state index in [9.17, 15) is 9.90 Å². The van der Waals surface area contributed by atoms with Gasteiger partial charge in [-0.05, 0) is 42.9 Å². The molecule has 2 heterocycles. The molecule has 1 aliphatic carbocycles. The monoisotopic (exact) mass is 365 g/mol. The molecule has 5 nitrogen and oxygen atoms in total. The molecule has 3 atom stereocenters. The Balaban J connectivity index is 1.60. The van der Waals surface area contributed by atoms with E-state index in [-0.39, 0.29) is 0 Å². The quantitative estimate of drug-likeness (QED) is 0.884. The molecule has 1 N–H and O–H groups in total. The Morgan fingerprint density at radius 3 is 2.84 bits per heavy atom. The maximum atomic E-state index is 11.8. The van der Waals surface area contributed by atoms with Gasteiger partial charge in [0, 0.05) is 19.0 Å². The van der Waals surface area contributed by atoms with Gasteiger partial charge in [-0.15, -0.1) is 0 Å². The van der Waals surface area contributed by atoms with Crippen molar-refractivity contribution in [2.45, 2.75) is 57.2 Å². The fourth-order valence-corrected chi connectivity index (χ4v) is 4.90. The van der Waals surface area contributed by atoms with Crippen LogP contribution in [0.15, 0.2) is 12.1 Å². The lowest BCUT2D eigenvalue weighted by Crippen LogP contribution is -2.41. The van der Waals surface area contributed by atoms with Gasteiger partial charge in [0.05, 0.1) is 18.2 Å². The lowest BCUT2D eigenvalue weighted by Gasteiger charge is -2.33. The average Bonchev–Trinajstić information content (AvgIpc) is 2.78. The summed E-state index contributed by atoms with van der Waals surface area (Å²) in [5.41, 5.74) is 0.992. The van der Waals surface area contributed by atoms with Crippen molar-refractivity contribution in [3.63, 3.8) is 0 Å². The standard InChI is InChI=1S/C19H24ClNO4/c20-14-8-12(9-17-18(14)25-7-3-6-24-17)11-21-15-5-2-1-4-13(15)10-16(21)19(22)23/h8-9,13,15-16H,1-7,10-11H2,(H,22,23). The minimum Gasteiger partial charge on any atom is -0.489 e. The molecule has 6 heteroatoms. The number of fused-ring (bicyclic) bond motifs is 2. The number of carboxylic acid groups (broad SMARTS) is 1.